The van der Waals surface area contributed by atoms with E-state index in [4.69, 9.17) is 27.9 Å². The maximum Gasteiger partial charge on any atom is 0.235 e. The van der Waals surface area contributed by atoms with Crippen molar-refractivity contribution in [2.24, 2.45) is 0 Å². The SMILES string of the molecule is COc1ccccc1C1(C(=O)Nc2cc(Cl)ccc2Cl)CCC1. The van der Waals surface area contributed by atoms with Gasteiger partial charge in [-0.1, -0.05) is 47.8 Å². The molecule has 0 bridgehead atoms. The number of anilines is 1. The first-order valence-corrected chi connectivity index (χ1v) is 8.22. The molecule has 23 heavy (non-hydrogen) atoms. The summed E-state index contributed by atoms with van der Waals surface area (Å²) in [5.41, 5.74) is 0.882. The van der Waals surface area contributed by atoms with Gasteiger partial charge < -0.3 is 10.1 Å². The van der Waals surface area contributed by atoms with E-state index < -0.39 is 5.41 Å². The fraction of sp³-hybridized carbons (Fsp3) is 0.278. The molecule has 1 aliphatic rings. The number of amides is 1. The van der Waals surface area contributed by atoms with Crippen LogP contribution in [0.2, 0.25) is 10.0 Å². The van der Waals surface area contributed by atoms with E-state index in [0.29, 0.717) is 15.7 Å². The van der Waals surface area contributed by atoms with E-state index in [0.717, 1.165) is 30.6 Å². The number of benzene rings is 2. The van der Waals surface area contributed by atoms with Gasteiger partial charge in [0.1, 0.15) is 5.75 Å². The largest absolute Gasteiger partial charge is 0.496 e. The first kappa shape index (κ1) is 16.2. The summed E-state index contributed by atoms with van der Waals surface area (Å²) >= 11 is 12.2. The minimum absolute atomic E-state index is 0.0718. The van der Waals surface area contributed by atoms with Crippen LogP contribution in [0, 0.1) is 0 Å². The molecule has 0 unspecified atom stereocenters. The van der Waals surface area contributed by atoms with Gasteiger partial charge in [0.15, 0.2) is 0 Å². The third-order valence-electron chi connectivity index (χ3n) is 4.44. The van der Waals surface area contributed by atoms with Crippen molar-refractivity contribution in [1.82, 2.24) is 0 Å². The highest BCUT2D eigenvalue weighted by Crippen LogP contribution is 2.48. The molecule has 0 aromatic heterocycles. The van der Waals surface area contributed by atoms with Crippen LogP contribution in [0.4, 0.5) is 5.69 Å². The molecule has 3 rings (SSSR count). The lowest BCUT2D eigenvalue weighted by molar-refractivity contribution is -0.124. The van der Waals surface area contributed by atoms with Gasteiger partial charge >= 0.3 is 0 Å². The van der Waals surface area contributed by atoms with E-state index in [1.54, 1.807) is 25.3 Å². The Bertz CT molecular complexity index is 742. The van der Waals surface area contributed by atoms with Crippen molar-refractivity contribution in [1.29, 1.82) is 0 Å². The van der Waals surface area contributed by atoms with Crippen LogP contribution < -0.4 is 10.1 Å². The number of ether oxygens (including phenoxy) is 1. The van der Waals surface area contributed by atoms with E-state index in [1.807, 2.05) is 24.3 Å². The molecule has 0 saturated heterocycles. The zero-order chi connectivity index (χ0) is 16.4. The molecule has 1 amide bonds. The molecule has 0 heterocycles. The third kappa shape index (κ3) is 2.91. The molecule has 5 heteroatoms. The molecule has 2 aromatic rings. The number of rotatable bonds is 4. The van der Waals surface area contributed by atoms with E-state index in [1.165, 1.54) is 0 Å². The Balaban J connectivity index is 1.94. The lowest BCUT2D eigenvalue weighted by atomic mass is 9.63. The van der Waals surface area contributed by atoms with Crippen LogP contribution >= 0.6 is 23.2 Å². The van der Waals surface area contributed by atoms with Gasteiger partial charge in [0.05, 0.1) is 23.2 Å². The van der Waals surface area contributed by atoms with Gasteiger partial charge in [0.2, 0.25) is 5.91 Å². The summed E-state index contributed by atoms with van der Waals surface area (Å²) < 4.78 is 5.44. The van der Waals surface area contributed by atoms with Crippen molar-refractivity contribution >= 4 is 34.8 Å². The van der Waals surface area contributed by atoms with Crippen molar-refractivity contribution in [3.8, 4) is 5.75 Å². The summed E-state index contributed by atoms with van der Waals surface area (Å²) in [5, 5.41) is 3.93. The fourth-order valence-electron chi connectivity index (χ4n) is 3.02. The smallest absolute Gasteiger partial charge is 0.235 e. The molecule has 0 aliphatic heterocycles. The topological polar surface area (TPSA) is 38.3 Å². The molecule has 1 fully saturated rings. The Hall–Kier alpha value is -1.71. The van der Waals surface area contributed by atoms with Crippen LogP contribution in [0.3, 0.4) is 0 Å². The molecule has 1 saturated carbocycles. The van der Waals surface area contributed by atoms with Gasteiger partial charge in [-0.15, -0.1) is 0 Å². The quantitative estimate of drug-likeness (QED) is 0.837. The van der Waals surface area contributed by atoms with Crippen LogP contribution in [0.25, 0.3) is 0 Å². The van der Waals surface area contributed by atoms with Crippen molar-refractivity contribution < 1.29 is 9.53 Å². The van der Waals surface area contributed by atoms with Gasteiger partial charge in [0.25, 0.3) is 0 Å². The van der Waals surface area contributed by atoms with Crippen LogP contribution in [0.15, 0.2) is 42.5 Å². The number of hydrogen-bond acceptors (Lipinski definition) is 2. The summed E-state index contributed by atoms with van der Waals surface area (Å²) in [6.07, 6.45) is 2.59. The van der Waals surface area contributed by atoms with Gasteiger partial charge in [-0.3, -0.25) is 4.79 Å². The molecule has 0 radical (unpaired) electrons. The second kappa shape index (κ2) is 6.42. The molecular formula is C18H17Cl2NO2. The van der Waals surface area contributed by atoms with E-state index in [2.05, 4.69) is 5.32 Å². The van der Waals surface area contributed by atoms with Crippen LogP contribution in [0.1, 0.15) is 24.8 Å². The minimum Gasteiger partial charge on any atom is -0.496 e. The first-order chi connectivity index (χ1) is 11.1. The third-order valence-corrected chi connectivity index (χ3v) is 5.01. The number of carbonyl (C=O) groups is 1. The van der Waals surface area contributed by atoms with Crippen LogP contribution in [0.5, 0.6) is 5.75 Å². The van der Waals surface area contributed by atoms with E-state index >= 15 is 0 Å². The van der Waals surface area contributed by atoms with Crippen LogP contribution in [-0.4, -0.2) is 13.0 Å². The molecule has 1 aliphatic carbocycles. The maximum absolute atomic E-state index is 13.0. The zero-order valence-corrected chi connectivity index (χ0v) is 14.2. The standard InChI is InChI=1S/C18H17Cl2NO2/c1-23-16-6-3-2-5-13(16)18(9-4-10-18)17(22)21-15-11-12(19)7-8-14(15)20/h2-3,5-8,11H,4,9-10H2,1H3,(H,21,22). The predicted octanol–water partition coefficient (Wildman–Crippen LogP) is 5.06. The molecule has 120 valence electrons. The van der Waals surface area contributed by atoms with E-state index in [9.17, 15) is 4.79 Å². The van der Waals surface area contributed by atoms with Crippen molar-refractivity contribution in [3.63, 3.8) is 0 Å². The number of nitrogens with one attached hydrogen (secondary N) is 1. The molecule has 0 spiro atoms. The summed E-state index contributed by atoms with van der Waals surface area (Å²) in [6.45, 7) is 0. The number of para-hydroxylation sites is 1. The average molecular weight is 350 g/mol. The summed E-state index contributed by atoms with van der Waals surface area (Å²) in [4.78, 5) is 13.0. The maximum atomic E-state index is 13.0. The number of halogens is 2. The minimum atomic E-state index is -0.571. The van der Waals surface area contributed by atoms with Crippen molar-refractivity contribution in [3.05, 3.63) is 58.1 Å². The van der Waals surface area contributed by atoms with Gasteiger partial charge in [-0.25, -0.2) is 0 Å². The van der Waals surface area contributed by atoms with Crippen LogP contribution in [-0.2, 0) is 10.2 Å². The average Bonchev–Trinajstić information content (AvgIpc) is 2.50. The number of carbonyl (C=O) groups excluding carboxylic acids is 1. The normalized spacial score (nSPS) is 15.6. The highest BCUT2D eigenvalue weighted by Gasteiger charge is 2.47. The number of methoxy groups -OCH3 is 1. The summed E-state index contributed by atoms with van der Waals surface area (Å²) in [7, 11) is 1.62. The Labute approximate surface area is 145 Å². The van der Waals surface area contributed by atoms with E-state index in [-0.39, 0.29) is 5.91 Å². The zero-order valence-electron chi connectivity index (χ0n) is 12.7. The first-order valence-electron chi connectivity index (χ1n) is 7.47. The second-order valence-electron chi connectivity index (χ2n) is 5.71. The Morgan fingerprint density at radius 3 is 2.57 bits per heavy atom. The Morgan fingerprint density at radius 1 is 1.17 bits per heavy atom. The number of hydrogen-bond donors (Lipinski definition) is 1. The molecule has 0 atom stereocenters. The highest BCUT2D eigenvalue weighted by atomic mass is 35.5. The Morgan fingerprint density at radius 2 is 1.91 bits per heavy atom. The molecule has 3 nitrogen and oxygen atoms in total. The van der Waals surface area contributed by atoms with Crippen molar-refractivity contribution in [2.45, 2.75) is 24.7 Å². The van der Waals surface area contributed by atoms with Gasteiger partial charge in [0, 0.05) is 10.6 Å². The van der Waals surface area contributed by atoms with Gasteiger partial charge in [-0.05, 0) is 37.1 Å². The second-order valence-corrected chi connectivity index (χ2v) is 6.56. The molecular weight excluding hydrogens is 333 g/mol. The molecule has 2 aromatic carbocycles. The molecule has 1 N–H and O–H groups in total. The lowest BCUT2D eigenvalue weighted by Gasteiger charge is -2.41. The highest BCUT2D eigenvalue weighted by molar-refractivity contribution is 6.35. The van der Waals surface area contributed by atoms with Crippen molar-refractivity contribution in [2.75, 3.05) is 12.4 Å². The summed E-state index contributed by atoms with van der Waals surface area (Å²) in [6, 6.07) is 12.7. The monoisotopic (exact) mass is 349 g/mol. The fourth-order valence-corrected chi connectivity index (χ4v) is 3.36. The lowest BCUT2D eigenvalue weighted by Crippen LogP contribution is -2.46. The van der Waals surface area contributed by atoms with Gasteiger partial charge in [-0.2, -0.15) is 0 Å². The summed E-state index contributed by atoms with van der Waals surface area (Å²) in [5.74, 6) is 0.664. The Kier molecular flexibility index (Phi) is 4.51. The predicted molar refractivity (Wildman–Crippen MR) is 93.6 cm³/mol.